The van der Waals surface area contributed by atoms with Gasteiger partial charge in [0.1, 0.15) is 0 Å². The van der Waals surface area contributed by atoms with Gasteiger partial charge in [-0.3, -0.25) is 4.79 Å². The van der Waals surface area contributed by atoms with Crippen LogP contribution in [0.3, 0.4) is 0 Å². The maximum atomic E-state index is 13.5. The van der Waals surface area contributed by atoms with Crippen molar-refractivity contribution in [3.05, 3.63) is 63.1 Å². The monoisotopic (exact) mass is 483 g/mol. The van der Waals surface area contributed by atoms with Crippen molar-refractivity contribution in [3.63, 3.8) is 0 Å². The lowest BCUT2D eigenvalue weighted by Crippen LogP contribution is -2.40. The number of hydrogen-bond donors (Lipinski definition) is 0. The van der Waals surface area contributed by atoms with Gasteiger partial charge in [0, 0.05) is 18.2 Å². The molecule has 31 heavy (non-hydrogen) atoms. The number of carbonyl (C=O) groups excluding carboxylic acids is 1. The van der Waals surface area contributed by atoms with E-state index in [1.54, 1.807) is 4.90 Å². The minimum atomic E-state index is -3.17. The number of halogens is 2. The molecule has 0 unspecified atom stereocenters. The van der Waals surface area contributed by atoms with Gasteiger partial charge in [-0.25, -0.2) is 8.42 Å². The van der Waals surface area contributed by atoms with Crippen molar-refractivity contribution in [1.82, 2.24) is 4.90 Å². The molecule has 168 valence electrons. The molecule has 1 aliphatic heterocycles. The minimum Gasteiger partial charge on any atom is -0.494 e. The zero-order chi connectivity index (χ0) is 23.0. The first-order valence-electron chi connectivity index (χ1n) is 10.0. The lowest BCUT2D eigenvalue weighted by atomic mass is 9.86. The molecule has 0 aliphatic carbocycles. The van der Waals surface area contributed by atoms with Crippen LogP contribution in [0.25, 0.3) is 0 Å². The molecule has 1 fully saturated rings. The normalized spacial score (nSPS) is 18.1. The van der Waals surface area contributed by atoms with Crippen LogP contribution in [0, 0.1) is 0 Å². The molecule has 1 amide bonds. The average Bonchev–Trinajstić information content (AvgIpc) is 3.04. The van der Waals surface area contributed by atoms with Gasteiger partial charge in [0.2, 0.25) is 0 Å². The third kappa shape index (κ3) is 5.54. The Morgan fingerprint density at radius 2 is 1.71 bits per heavy atom. The van der Waals surface area contributed by atoms with Gasteiger partial charge in [0.05, 0.1) is 28.7 Å². The Labute approximate surface area is 194 Å². The second kappa shape index (κ2) is 9.00. The standard InChI is InChI=1S/C23H27Cl2NO4S/c1-23(2,3)17-7-5-15(6-8-17)13-26(18-9-10-31(28,29)14-18)22(27)16-11-19(24)21(30-4)20(25)12-16/h5-8,11-12,18H,9-10,13-14H2,1-4H3/t18-/m1/s1. The molecule has 2 aromatic carbocycles. The first kappa shape index (κ1) is 23.9. The maximum Gasteiger partial charge on any atom is 0.254 e. The molecule has 1 aliphatic rings. The van der Waals surface area contributed by atoms with Crippen molar-refractivity contribution >= 4 is 38.9 Å². The van der Waals surface area contributed by atoms with Crippen LogP contribution in [-0.2, 0) is 21.8 Å². The van der Waals surface area contributed by atoms with Crippen LogP contribution in [0.4, 0.5) is 0 Å². The van der Waals surface area contributed by atoms with Gasteiger partial charge in [-0.1, -0.05) is 68.2 Å². The Kier molecular flexibility index (Phi) is 6.94. The Hall–Kier alpha value is -1.76. The summed E-state index contributed by atoms with van der Waals surface area (Å²) in [6.07, 6.45) is 0.408. The molecule has 1 atom stereocenters. The smallest absolute Gasteiger partial charge is 0.254 e. The van der Waals surface area contributed by atoms with Gasteiger partial charge in [0.15, 0.2) is 15.6 Å². The SMILES string of the molecule is COc1c(Cl)cc(C(=O)N(Cc2ccc(C(C)(C)C)cc2)[C@@H]2CCS(=O)(=O)C2)cc1Cl. The fourth-order valence-corrected chi connectivity index (χ4v) is 6.11. The third-order valence-corrected chi connectivity index (χ3v) is 7.84. The van der Waals surface area contributed by atoms with E-state index >= 15 is 0 Å². The van der Waals surface area contributed by atoms with Crippen molar-refractivity contribution in [2.45, 2.75) is 45.2 Å². The summed E-state index contributed by atoms with van der Waals surface area (Å²) < 4.78 is 29.4. The van der Waals surface area contributed by atoms with E-state index in [1.165, 1.54) is 24.8 Å². The van der Waals surface area contributed by atoms with Crippen LogP contribution in [0.1, 0.15) is 48.7 Å². The average molecular weight is 484 g/mol. The summed E-state index contributed by atoms with van der Waals surface area (Å²) in [7, 11) is -1.72. The topological polar surface area (TPSA) is 63.7 Å². The van der Waals surface area contributed by atoms with E-state index in [-0.39, 0.29) is 32.9 Å². The molecule has 0 N–H and O–H groups in total. The van der Waals surface area contributed by atoms with Crippen molar-refractivity contribution in [2.24, 2.45) is 0 Å². The minimum absolute atomic E-state index is 0.0180. The fourth-order valence-electron chi connectivity index (χ4n) is 3.74. The maximum absolute atomic E-state index is 13.5. The molecular weight excluding hydrogens is 457 g/mol. The Bertz CT molecular complexity index is 1050. The number of hydrogen-bond acceptors (Lipinski definition) is 4. The second-order valence-electron chi connectivity index (χ2n) is 8.91. The molecule has 5 nitrogen and oxygen atoms in total. The van der Waals surface area contributed by atoms with Crippen molar-refractivity contribution in [3.8, 4) is 5.75 Å². The summed E-state index contributed by atoms with van der Waals surface area (Å²) in [6, 6.07) is 10.7. The van der Waals surface area contributed by atoms with Crippen molar-refractivity contribution < 1.29 is 17.9 Å². The molecule has 0 radical (unpaired) electrons. The number of carbonyl (C=O) groups is 1. The highest BCUT2D eigenvalue weighted by Crippen LogP contribution is 2.35. The predicted octanol–water partition coefficient (Wildman–Crippen LogP) is 5.13. The van der Waals surface area contributed by atoms with Crippen LogP contribution < -0.4 is 4.74 Å². The van der Waals surface area contributed by atoms with E-state index in [2.05, 4.69) is 20.8 Å². The van der Waals surface area contributed by atoms with E-state index in [1.807, 2.05) is 24.3 Å². The lowest BCUT2D eigenvalue weighted by Gasteiger charge is -2.29. The largest absolute Gasteiger partial charge is 0.494 e. The van der Waals surface area contributed by atoms with E-state index in [4.69, 9.17) is 27.9 Å². The van der Waals surface area contributed by atoms with E-state index in [0.29, 0.717) is 24.3 Å². The first-order chi connectivity index (χ1) is 14.4. The van der Waals surface area contributed by atoms with Crippen molar-refractivity contribution in [2.75, 3.05) is 18.6 Å². The molecule has 0 aromatic heterocycles. The molecule has 8 heteroatoms. The van der Waals surface area contributed by atoms with Crippen LogP contribution in [0.5, 0.6) is 5.75 Å². The summed E-state index contributed by atoms with van der Waals surface area (Å²) in [6.45, 7) is 6.71. The fraction of sp³-hybridized carbons (Fsp3) is 0.435. The molecule has 3 rings (SSSR count). The summed E-state index contributed by atoms with van der Waals surface area (Å²) in [5.74, 6) is 0.0198. The Morgan fingerprint density at radius 1 is 1.13 bits per heavy atom. The number of benzene rings is 2. The van der Waals surface area contributed by atoms with Crippen LogP contribution in [0.2, 0.25) is 10.0 Å². The van der Waals surface area contributed by atoms with Gasteiger partial charge in [-0.05, 0) is 35.1 Å². The molecule has 1 saturated heterocycles. The molecule has 1 heterocycles. The van der Waals surface area contributed by atoms with Crippen LogP contribution >= 0.6 is 23.2 Å². The van der Waals surface area contributed by atoms with Crippen molar-refractivity contribution in [1.29, 1.82) is 0 Å². The van der Waals surface area contributed by atoms with Gasteiger partial charge < -0.3 is 9.64 Å². The molecule has 2 aromatic rings. The van der Waals surface area contributed by atoms with Gasteiger partial charge >= 0.3 is 0 Å². The molecule has 0 bridgehead atoms. The molecular formula is C23H27Cl2NO4S. The van der Waals surface area contributed by atoms with Gasteiger partial charge in [-0.15, -0.1) is 0 Å². The summed E-state index contributed by atoms with van der Waals surface area (Å²) in [5.41, 5.74) is 2.43. The van der Waals surface area contributed by atoms with Gasteiger partial charge in [-0.2, -0.15) is 0 Å². The lowest BCUT2D eigenvalue weighted by molar-refractivity contribution is 0.0681. The van der Waals surface area contributed by atoms with E-state index in [9.17, 15) is 13.2 Å². The summed E-state index contributed by atoms with van der Waals surface area (Å²) in [5, 5.41) is 0.457. The number of amides is 1. The van der Waals surface area contributed by atoms with E-state index in [0.717, 1.165) is 5.56 Å². The quantitative estimate of drug-likeness (QED) is 0.591. The first-order valence-corrected chi connectivity index (χ1v) is 12.6. The highest BCUT2D eigenvalue weighted by molar-refractivity contribution is 7.91. The van der Waals surface area contributed by atoms with Gasteiger partial charge in [0.25, 0.3) is 5.91 Å². The summed E-state index contributed by atoms with van der Waals surface area (Å²) in [4.78, 5) is 15.1. The highest BCUT2D eigenvalue weighted by atomic mass is 35.5. The number of sulfone groups is 1. The van der Waals surface area contributed by atoms with Crippen LogP contribution in [0.15, 0.2) is 36.4 Å². The number of ether oxygens (including phenoxy) is 1. The second-order valence-corrected chi connectivity index (χ2v) is 12.0. The number of methoxy groups -OCH3 is 1. The Morgan fingerprint density at radius 3 is 2.16 bits per heavy atom. The predicted molar refractivity (Wildman–Crippen MR) is 125 cm³/mol. The van der Waals surface area contributed by atoms with E-state index < -0.39 is 15.9 Å². The third-order valence-electron chi connectivity index (χ3n) is 5.53. The zero-order valence-electron chi connectivity index (χ0n) is 18.1. The highest BCUT2D eigenvalue weighted by Gasteiger charge is 2.35. The zero-order valence-corrected chi connectivity index (χ0v) is 20.4. The Balaban J connectivity index is 1.94. The molecule has 0 saturated carbocycles. The van der Waals surface area contributed by atoms with Crippen LogP contribution in [-0.4, -0.2) is 43.9 Å². The number of rotatable bonds is 5. The summed E-state index contributed by atoms with van der Waals surface area (Å²) >= 11 is 12.5. The molecule has 0 spiro atoms. The number of nitrogens with zero attached hydrogens (tertiary/aromatic N) is 1.